The molecule has 1 fully saturated rings. The summed E-state index contributed by atoms with van der Waals surface area (Å²) < 4.78 is 10.4. The minimum atomic E-state index is -0.689. The van der Waals surface area contributed by atoms with E-state index in [4.69, 9.17) is 9.47 Å². The predicted molar refractivity (Wildman–Crippen MR) is 66.2 cm³/mol. The van der Waals surface area contributed by atoms with Gasteiger partial charge in [-0.2, -0.15) is 0 Å². The van der Waals surface area contributed by atoms with Gasteiger partial charge in [-0.25, -0.2) is 0 Å². The lowest BCUT2D eigenvalue weighted by atomic mass is 10.1. The maximum atomic E-state index is 12.4. The summed E-state index contributed by atoms with van der Waals surface area (Å²) in [5, 5.41) is 2.19. The van der Waals surface area contributed by atoms with Crippen LogP contribution < -0.4 is 14.8 Å². The van der Waals surface area contributed by atoms with Crippen molar-refractivity contribution in [2.45, 2.75) is 13.0 Å². The number of ether oxygens (including phenoxy) is 2. The summed E-state index contributed by atoms with van der Waals surface area (Å²) in [6.45, 7) is 1.56. The number of nitrogens with zero attached hydrogens (tertiary/aromatic N) is 1. The minimum absolute atomic E-state index is 0.119. The number of nitrogens with one attached hydrogen (secondary N) is 1. The predicted octanol–water partition coefficient (Wildman–Crippen LogP) is -0.0976. The molecule has 1 unspecified atom stereocenters. The number of benzene rings is 1. The number of carbonyl (C=O) groups excluding carboxylic acids is 3. The SMILES string of the molecule is CC1C(=O)NC(=O)CN1C(=O)c1ccc2c(c1)OCO2. The zero-order valence-electron chi connectivity index (χ0n) is 10.7. The van der Waals surface area contributed by atoms with Gasteiger partial charge < -0.3 is 14.4 Å². The number of carbonyl (C=O) groups is 3. The Bertz CT molecular complexity index is 613. The van der Waals surface area contributed by atoms with Crippen LogP contribution in [0, 0.1) is 0 Å². The van der Waals surface area contributed by atoms with E-state index < -0.39 is 17.9 Å². The van der Waals surface area contributed by atoms with Crippen LogP contribution in [0.15, 0.2) is 18.2 Å². The molecular weight excluding hydrogens is 264 g/mol. The Morgan fingerprint density at radius 2 is 2.05 bits per heavy atom. The van der Waals surface area contributed by atoms with Crippen molar-refractivity contribution in [3.05, 3.63) is 23.8 Å². The summed E-state index contributed by atoms with van der Waals surface area (Å²) in [5.41, 5.74) is 0.351. The quantitative estimate of drug-likeness (QED) is 0.724. The van der Waals surface area contributed by atoms with Crippen LogP contribution in [0.25, 0.3) is 0 Å². The molecule has 1 atom stereocenters. The first kappa shape index (κ1) is 12.5. The standard InChI is InChI=1S/C13H12N2O5/c1-7-12(17)14-11(16)5-15(7)13(18)8-2-3-9-10(4-8)20-6-19-9/h2-4,7H,5-6H2,1H3,(H,14,16,17). The van der Waals surface area contributed by atoms with E-state index in [1.807, 2.05) is 0 Å². The van der Waals surface area contributed by atoms with Crippen molar-refractivity contribution in [3.8, 4) is 11.5 Å². The lowest BCUT2D eigenvalue weighted by Crippen LogP contribution is -2.58. The fourth-order valence-corrected chi connectivity index (χ4v) is 2.16. The first-order chi connectivity index (χ1) is 9.56. The number of amides is 3. The second-order valence-corrected chi connectivity index (χ2v) is 4.59. The Hall–Kier alpha value is -2.57. The molecule has 1 N–H and O–H groups in total. The van der Waals surface area contributed by atoms with E-state index in [0.717, 1.165) is 0 Å². The van der Waals surface area contributed by atoms with Gasteiger partial charge in [0.25, 0.3) is 5.91 Å². The van der Waals surface area contributed by atoms with Crippen LogP contribution >= 0.6 is 0 Å². The topological polar surface area (TPSA) is 84.9 Å². The molecule has 20 heavy (non-hydrogen) atoms. The molecule has 2 heterocycles. The fraction of sp³-hybridized carbons (Fsp3) is 0.308. The van der Waals surface area contributed by atoms with Gasteiger partial charge in [-0.3, -0.25) is 19.7 Å². The van der Waals surface area contributed by atoms with Gasteiger partial charge in [0.15, 0.2) is 11.5 Å². The molecule has 7 nitrogen and oxygen atoms in total. The Labute approximate surface area is 114 Å². The van der Waals surface area contributed by atoms with Gasteiger partial charge in [0.1, 0.15) is 12.6 Å². The highest BCUT2D eigenvalue weighted by Crippen LogP contribution is 2.33. The van der Waals surface area contributed by atoms with Crippen LogP contribution in [0.5, 0.6) is 11.5 Å². The zero-order valence-corrected chi connectivity index (χ0v) is 10.7. The summed E-state index contributed by atoms with van der Waals surface area (Å²) in [4.78, 5) is 36.6. The van der Waals surface area contributed by atoms with Crippen LogP contribution in [0.1, 0.15) is 17.3 Å². The average Bonchev–Trinajstić information content (AvgIpc) is 2.89. The van der Waals surface area contributed by atoms with Gasteiger partial charge in [0, 0.05) is 5.56 Å². The van der Waals surface area contributed by atoms with E-state index in [0.29, 0.717) is 17.1 Å². The first-order valence-corrected chi connectivity index (χ1v) is 6.10. The third-order valence-corrected chi connectivity index (χ3v) is 3.30. The van der Waals surface area contributed by atoms with Crippen LogP contribution in [0.2, 0.25) is 0 Å². The maximum absolute atomic E-state index is 12.4. The number of imide groups is 1. The molecule has 3 rings (SSSR count). The normalized spacial score (nSPS) is 20.9. The third-order valence-electron chi connectivity index (χ3n) is 3.30. The monoisotopic (exact) mass is 276 g/mol. The molecule has 104 valence electrons. The number of hydrogen-bond acceptors (Lipinski definition) is 5. The van der Waals surface area contributed by atoms with Crippen molar-refractivity contribution in [1.82, 2.24) is 10.2 Å². The van der Waals surface area contributed by atoms with Crippen LogP contribution in [0.4, 0.5) is 0 Å². The van der Waals surface area contributed by atoms with Crippen LogP contribution in [-0.4, -0.2) is 42.0 Å². The number of rotatable bonds is 1. The van der Waals surface area contributed by atoms with Crippen molar-refractivity contribution in [3.63, 3.8) is 0 Å². The molecule has 0 aromatic heterocycles. The van der Waals surface area contributed by atoms with Crippen LogP contribution in [-0.2, 0) is 9.59 Å². The van der Waals surface area contributed by atoms with Crippen molar-refractivity contribution in [1.29, 1.82) is 0 Å². The first-order valence-electron chi connectivity index (χ1n) is 6.10. The Morgan fingerprint density at radius 3 is 2.85 bits per heavy atom. The molecule has 1 aromatic rings. The van der Waals surface area contributed by atoms with Gasteiger partial charge in [-0.1, -0.05) is 0 Å². The van der Waals surface area contributed by atoms with Gasteiger partial charge >= 0.3 is 0 Å². The molecule has 0 saturated carbocycles. The third kappa shape index (κ3) is 1.97. The fourth-order valence-electron chi connectivity index (χ4n) is 2.16. The van der Waals surface area contributed by atoms with Gasteiger partial charge in [-0.15, -0.1) is 0 Å². The van der Waals surface area contributed by atoms with Crippen molar-refractivity contribution in [2.24, 2.45) is 0 Å². The molecule has 7 heteroatoms. The summed E-state index contributed by atoms with van der Waals surface area (Å²) in [6, 6.07) is 4.07. The van der Waals surface area contributed by atoms with Gasteiger partial charge in [0.2, 0.25) is 18.6 Å². The molecule has 0 bridgehead atoms. The average molecular weight is 276 g/mol. The largest absolute Gasteiger partial charge is 0.454 e. The van der Waals surface area contributed by atoms with E-state index >= 15 is 0 Å². The summed E-state index contributed by atoms with van der Waals surface area (Å²) in [7, 11) is 0. The molecule has 0 aliphatic carbocycles. The molecule has 0 spiro atoms. The number of piperazine rings is 1. The highest BCUT2D eigenvalue weighted by Gasteiger charge is 2.34. The maximum Gasteiger partial charge on any atom is 0.255 e. The molecule has 2 aliphatic rings. The molecule has 1 aromatic carbocycles. The van der Waals surface area contributed by atoms with Crippen molar-refractivity contribution < 1.29 is 23.9 Å². The molecular formula is C13H12N2O5. The summed E-state index contributed by atoms with van der Waals surface area (Å²) in [6.07, 6.45) is 0. The van der Waals surface area contributed by atoms with E-state index in [1.54, 1.807) is 25.1 Å². The Morgan fingerprint density at radius 1 is 1.30 bits per heavy atom. The van der Waals surface area contributed by atoms with E-state index in [-0.39, 0.29) is 19.2 Å². The Balaban J connectivity index is 1.88. The number of hydrogen-bond donors (Lipinski definition) is 1. The van der Waals surface area contributed by atoms with Crippen LogP contribution in [0.3, 0.4) is 0 Å². The summed E-state index contributed by atoms with van der Waals surface area (Å²) >= 11 is 0. The molecule has 1 saturated heterocycles. The van der Waals surface area contributed by atoms with Gasteiger partial charge in [-0.05, 0) is 25.1 Å². The lowest BCUT2D eigenvalue weighted by molar-refractivity contribution is -0.138. The second-order valence-electron chi connectivity index (χ2n) is 4.59. The smallest absolute Gasteiger partial charge is 0.255 e. The Kier molecular flexibility index (Phi) is 2.81. The summed E-state index contributed by atoms with van der Waals surface area (Å²) in [5.74, 6) is -0.296. The van der Waals surface area contributed by atoms with Crippen molar-refractivity contribution in [2.75, 3.05) is 13.3 Å². The molecule has 0 radical (unpaired) electrons. The lowest BCUT2D eigenvalue weighted by Gasteiger charge is -2.31. The molecule has 2 aliphatic heterocycles. The van der Waals surface area contributed by atoms with E-state index in [2.05, 4.69) is 5.32 Å². The zero-order chi connectivity index (χ0) is 14.3. The second kappa shape index (κ2) is 4.52. The van der Waals surface area contributed by atoms with E-state index in [1.165, 1.54) is 4.90 Å². The van der Waals surface area contributed by atoms with Gasteiger partial charge in [0.05, 0.1) is 0 Å². The highest BCUT2D eigenvalue weighted by atomic mass is 16.7. The minimum Gasteiger partial charge on any atom is -0.454 e. The van der Waals surface area contributed by atoms with E-state index in [9.17, 15) is 14.4 Å². The number of fused-ring (bicyclic) bond motifs is 1. The molecule has 3 amide bonds. The van der Waals surface area contributed by atoms with Crippen molar-refractivity contribution >= 4 is 17.7 Å². The highest BCUT2D eigenvalue weighted by molar-refractivity contribution is 6.07.